The number of nitrogens with one attached hydrogen (secondary N) is 1. The molecule has 0 heterocycles. The largest absolute Gasteiger partial charge is 0.493 e. The number of amides is 1. The van der Waals surface area contributed by atoms with E-state index in [1.807, 2.05) is 13.0 Å². The van der Waals surface area contributed by atoms with Crippen LogP contribution in [0.4, 0.5) is 11.4 Å². The summed E-state index contributed by atoms with van der Waals surface area (Å²) in [5.41, 5.74) is 8.31. The molecule has 0 radical (unpaired) electrons. The monoisotopic (exact) mass is 316 g/mol. The smallest absolute Gasteiger partial charge is 0.255 e. The van der Waals surface area contributed by atoms with Gasteiger partial charge in [0.15, 0.2) is 11.5 Å². The van der Waals surface area contributed by atoms with Crippen LogP contribution >= 0.6 is 0 Å². The molecule has 2 aromatic rings. The van der Waals surface area contributed by atoms with Crippen LogP contribution in [0.15, 0.2) is 30.3 Å². The molecule has 0 aromatic heterocycles. The Labute approximate surface area is 135 Å². The highest BCUT2D eigenvalue weighted by molar-refractivity contribution is 6.05. The molecule has 2 rings (SSSR count). The summed E-state index contributed by atoms with van der Waals surface area (Å²) in [6.07, 6.45) is 0. The molecule has 0 bridgehead atoms. The first-order chi connectivity index (χ1) is 11.0. The van der Waals surface area contributed by atoms with Crippen LogP contribution in [0, 0.1) is 6.92 Å². The zero-order chi connectivity index (χ0) is 17.0. The van der Waals surface area contributed by atoms with Crippen LogP contribution in [0.3, 0.4) is 0 Å². The molecule has 0 aliphatic carbocycles. The van der Waals surface area contributed by atoms with Gasteiger partial charge in [0.1, 0.15) is 0 Å². The van der Waals surface area contributed by atoms with Gasteiger partial charge >= 0.3 is 0 Å². The molecule has 3 N–H and O–H groups in total. The van der Waals surface area contributed by atoms with Crippen molar-refractivity contribution < 1.29 is 19.0 Å². The zero-order valence-electron chi connectivity index (χ0n) is 13.6. The lowest BCUT2D eigenvalue weighted by atomic mass is 10.1. The Balaban J connectivity index is 2.37. The molecule has 23 heavy (non-hydrogen) atoms. The predicted molar refractivity (Wildman–Crippen MR) is 89.6 cm³/mol. The Bertz CT molecular complexity index is 704. The fraction of sp³-hybridized carbons (Fsp3) is 0.235. The third-order valence-corrected chi connectivity index (χ3v) is 3.44. The molecule has 0 saturated heterocycles. The number of hydrogen-bond acceptors (Lipinski definition) is 5. The highest BCUT2D eigenvalue weighted by Crippen LogP contribution is 2.38. The number of rotatable bonds is 5. The number of carbonyl (C=O) groups is 1. The maximum atomic E-state index is 12.5. The van der Waals surface area contributed by atoms with E-state index in [-0.39, 0.29) is 5.91 Å². The van der Waals surface area contributed by atoms with Crippen molar-refractivity contribution in [2.75, 3.05) is 32.4 Å². The van der Waals surface area contributed by atoms with Crippen molar-refractivity contribution in [2.24, 2.45) is 0 Å². The molecule has 1 amide bonds. The van der Waals surface area contributed by atoms with Gasteiger partial charge in [0.05, 0.1) is 21.3 Å². The van der Waals surface area contributed by atoms with Gasteiger partial charge in [0.25, 0.3) is 5.91 Å². The topological polar surface area (TPSA) is 82.8 Å². The second kappa shape index (κ2) is 6.91. The van der Waals surface area contributed by atoms with Crippen LogP contribution in [0.2, 0.25) is 0 Å². The number of hydrogen-bond donors (Lipinski definition) is 2. The zero-order valence-corrected chi connectivity index (χ0v) is 13.6. The van der Waals surface area contributed by atoms with Crippen molar-refractivity contribution in [1.82, 2.24) is 0 Å². The number of methoxy groups -OCH3 is 3. The summed E-state index contributed by atoms with van der Waals surface area (Å²) in [5.74, 6) is 0.979. The van der Waals surface area contributed by atoms with Crippen molar-refractivity contribution in [3.63, 3.8) is 0 Å². The summed E-state index contributed by atoms with van der Waals surface area (Å²) in [4.78, 5) is 12.5. The van der Waals surface area contributed by atoms with Crippen molar-refractivity contribution in [3.05, 3.63) is 41.5 Å². The highest BCUT2D eigenvalue weighted by atomic mass is 16.5. The van der Waals surface area contributed by atoms with Crippen molar-refractivity contribution >= 4 is 17.3 Å². The van der Waals surface area contributed by atoms with Crippen LogP contribution in [0.25, 0.3) is 0 Å². The summed E-state index contributed by atoms with van der Waals surface area (Å²) in [6, 6.07) is 8.53. The van der Waals surface area contributed by atoms with Gasteiger partial charge < -0.3 is 25.3 Å². The van der Waals surface area contributed by atoms with Crippen LogP contribution in [0.5, 0.6) is 17.2 Å². The van der Waals surface area contributed by atoms with E-state index >= 15 is 0 Å². The van der Waals surface area contributed by atoms with E-state index in [9.17, 15) is 4.79 Å². The number of nitrogen functional groups attached to an aromatic ring is 1. The quantitative estimate of drug-likeness (QED) is 0.829. The van der Waals surface area contributed by atoms with Gasteiger partial charge in [-0.1, -0.05) is 6.07 Å². The van der Waals surface area contributed by atoms with Gasteiger partial charge in [-0.25, -0.2) is 0 Å². The van der Waals surface area contributed by atoms with Crippen LogP contribution in [-0.2, 0) is 0 Å². The summed E-state index contributed by atoms with van der Waals surface area (Å²) < 4.78 is 15.8. The summed E-state index contributed by atoms with van der Waals surface area (Å²) in [5, 5.41) is 2.84. The molecule has 0 atom stereocenters. The molecule has 0 saturated carbocycles. The number of anilines is 2. The van der Waals surface area contributed by atoms with E-state index in [4.69, 9.17) is 19.9 Å². The van der Waals surface area contributed by atoms with Gasteiger partial charge in [-0.15, -0.1) is 0 Å². The van der Waals surface area contributed by atoms with E-state index in [1.54, 1.807) is 24.3 Å². The number of nitrogens with two attached hydrogens (primary N) is 1. The Morgan fingerprint density at radius 3 is 2.13 bits per heavy atom. The Hall–Kier alpha value is -2.89. The number of aryl methyl sites for hydroxylation is 1. The normalized spacial score (nSPS) is 10.1. The van der Waals surface area contributed by atoms with Crippen molar-refractivity contribution in [1.29, 1.82) is 0 Å². The number of carbonyl (C=O) groups excluding carboxylic acids is 1. The van der Waals surface area contributed by atoms with Gasteiger partial charge in [-0.05, 0) is 36.8 Å². The molecule has 6 heteroatoms. The highest BCUT2D eigenvalue weighted by Gasteiger charge is 2.17. The van der Waals surface area contributed by atoms with Crippen molar-refractivity contribution in [2.45, 2.75) is 6.92 Å². The summed E-state index contributed by atoms with van der Waals surface area (Å²) >= 11 is 0. The number of benzene rings is 2. The molecule has 122 valence electrons. The summed E-state index contributed by atoms with van der Waals surface area (Å²) in [6.45, 7) is 1.89. The fourth-order valence-electron chi connectivity index (χ4n) is 2.18. The van der Waals surface area contributed by atoms with Gasteiger partial charge in [0.2, 0.25) is 5.75 Å². The minimum Gasteiger partial charge on any atom is -0.493 e. The second-order valence-corrected chi connectivity index (χ2v) is 4.94. The molecule has 2 aromatic carbocycles. The lowest BCUT2D eigenvalue weighted by molar-refractivity contribution is 0.102. The van der Waals surface area contributed by atoms with Crippen LogP contribution < -0.4 is 25.3 Å². The van der Waals surface area contributed by atoms with Gasteiger partial charge in [-0.3, -0.25) is 4.79 Å². The molecular weight excluding hydrogens is 296 g/mol. The first-order valence-corrected chi connectivity index (χ1v) is 6.97. The lowest BCUT2D eigenvalue weighted by Crippen LogP contribution is -2.13. The third-order valence-electron chi connectivity index (χ3n) is 3.44. The minimum atomic E-state index is -0.294. The van der Waals surface area contributed by atoms with E-state index < -0.39 is 0 Å². The maximum Gasteiger partial charge on any atom is 0.255 e. The van der Waals surface area contributed by atoms with E-state index in [1.165, 1.54) is 21.3 Å². The minimum absolute atomic E-state index is 0.294. The fourth-order valence-corrected chi connectivity index (χ4v) is 2.18. The molecule has 0 aliphatic rings. The molecule has 0 fully saturated rings. The van der Waals surface area contributed by atoms with Crippen LogP contribution in [0.1, 0.15) is 15.9 Å². The van der Waals surface area contributed by atoms with Crippen LogP contribution in [-0.4, -0.2) is 27.2 Å². The molecule has 0 aliphatic heterocycles. The Morgan fingerprint density at radius 1 is 1.00 bits per heavy atom. The number of ether oxygens (including phenoxy) is 3. The third kappa shape index (κ3) is 3.48. The standard InChI is InChI=1S/C17H20N2O4/c1-10-5-6-12(18)9-13(10)19-17(20)11-7-14(21-2)16(23-4)15(8-11)22-3/h5-9H,18H2,1-4H3,(H,19,20). The molecule has 0 spiro atoms. The first-order valence-electron chi connectivity index (χ1n) is 6.97. The molecule has 6 nitrogen and oxygen atoms in total. The Kier molecular flexibility index (Phi) is 4.95. The predicted octanol–water partition coefficient (Wildman–Crippen LogP) is 2.86. The van der Waals surface area contributed by atoms with E-state index in [2.05, 4.69) is 5.32 Å². The second-order valence-electron chi connectivity index (χ2n) is 4.94. The SMILES string of the molecule is COc1cc(C(=O)Nc2cc(N)ccc2C)cc(OC)c1OC. The lowest BCUT2D eigenvalue weighted by Gasteiger charge is -2.14. The van der Waals surface area contributed by atoms with Gasteiger partial charge in [0, 0.05) is 16.9 Å². The Morgan fingerprint density at radius 2 is 1.61 bits per heavy atom. The van der Waals surface area contributed by atoms with Gasteiger partial charge in [-0.2, -0.15) is 0 Å². The molecule has 0 unspecified atom stereocenters. The van der Waals surface area contributed by atoms with Crippen molar-refractivity contribution in [3.8, 4) is 17.2 Å². The average molecular weight is 316 g/mol. The summed E-state index contributed by atoms with van der Waals surface area (Å²) in [7, 11) is 4.51. The van der Waals surface area contributed by atoms with E-state index in [0.717, 1.165) is 5.56 Å². The maximum absolute atomic E-state index is 12.5. The molecular formula is C17H20N2O4. The van der Waals surface area contributed by atoms with E-state index in [0.29, 0.717) is 34.2 Å². The first kappa shape index (κ1) is 16.5. The average Bonchev–Trinajstić information content (AvgIpc) is 2.56.